The molecule has 0 bridgehead atoms. The molecule has 0 aliphatic heterocycles. The summed E-state index contributed by atoms with van der Waals surface area (Å²) in [6, 6.07) is 8.59. The molecule has 0 fully saturated rings. The van der Waals surface area contributed by atoms with E-state index in [-0.39, 0.29) is 17.1 Å². The molecule has 0 aliphatic carbocycles. The van der Waals surface area contributed by atoms with Crippen LogP contribution in [0.25, 0.3) is 11.0 Å². The Kier molecular flexibility index (Phi) is 2.67. The predicted octanol–water partition coefficient (Wildman–Crippen LogP) is 3.94. The minimum atomic E-state index is -0.536. The van der Waals surface area contributed by atoms with Crippen LogP contribution >= 0.6 is 0 Å². The highest BCUT2D eigenvalue weighted by atomic mass is 19.1. The Labute approximate surface area is 107 Å². The molecule has 3 rings (SSSR count). The molecule has 0 radical (unpaired) electrons. The molecular weight excluding hydrogens is 250 g/mol. The molecule has 1 N–H and O–H groups in total. The van der Waals surface area contributed by atoms with E-state index in [4.69, 9.17) is 4.74 Å². The van der Waals surface area contributed by atoms with Crippen molar-refractivity contribution in [3.63, 3.8) is 0 Å². The van der Waals surface area contributed by atoms with Gasteiger partial charge in [0.05, 0.1) is 5.52 Å². The van der Waals surface area contributed by atoms with Gasteiger partial charge in [0.25, 0.3) is 0 Å². The molecule has 3 nitrogen and oxygen atoms in total. The number of fused-ring (bicyclic) bond motifs is 1. The Bertz CT molecular complexity index is 735. The van der Waals surface area contributed by atoms with Gasteiger partial charge >= 0.3 is 0 Å². The predicted molar refractivity (Wildman–Crippen MR) is 67.3 cm³/mol. The lowest BCUT2D eigenvalue weighted by Gasteiger charge is -2.06. The van der Waals surface area contributed by atoms with Crippen LogP contribution in [-0.4, -0.2) is 9.97 Å². The van der Waals surface area contributed by atoms with Gasteiger partial charge in [0, 0.05) is 0 Å². The Hall–Kier alpha value is -2.43. The highest BCUT2D eigenvalue weighted by Gasteiger charge is 2.12. The zero-order valence-corrected chi connectivity index (χ0v) is 10.1. The van der Waals surface area contributed by atoms with Gasteiger partial charge in [-0.05, 0) is 43.3 Å². The minimum Gasteiger partial charge on any atom is -0.454 e. The van der Waals surface area contributed by atoms with Gasteiger partial charge in [-0.25, -0.2) is 13.8 Å². The molecule has 0 amide bonds. The summed E-state index contributed by atoms with van der Waals surface area (Å²) in [6.07, 6.45) is 0. The second-order valence-corrected chi connectivity index (χ2v) is 4.15. The summed E-state index contributed by atoms with van der Waals surface area (Å²) >= 11 is 0. The Balaban J connectivity index is 2.00. The van der Waals surface area contributed by atoms with Crippen LogP contribution in [0.3, 0.4) is 0 Å². The standard InChI is InChI=1S/C14H10F2N2O/c1-8-17-11-6-7-12(13(16)14(11)18-8)19-10-4-2-9(15)3-5-10/h2-7H,1H3,(H,17,18). The van der Waals surface area contributed by atoms with Crippen molar-refractivity contribution < 1.29 is 13.5 Å². The van der Waals surface area contributed by atoms with Gasteiger partial charge in [-0.3, -0.25) is 0 Å². The molecule has 1 aromatic heterocycles. The minimum absolute atomic E-state index is 0.0607. The first-order chi connectivity index (χ1) is 9.13. The maximum absolute atomic E-state index is 14.2. The zero-order chi connectivity index (χ0) is 13.4. The topological polar surface area (TPSA) is 37.9 Å². The average Bonchev–Trinajstić information content (AvgIpc) is 2.77. The third-order valence-corrected chi connectivity index (χ3v) is 2.72. The molecule has 0 aliphatic rings. The lowest BCUT2D eigenvalue weighted by molar-refractivity contribution is 0.444. The van der Waals surface area contributed by atoms with Gasteiger partial charge in [0.15, 0.2) is 11.6 Å². The van der Waals surface area contributed by atoms with Crippen LogP contribution in [-0.2, 0) is 0 Å². The number of nitrogens with zero attached hydrogens (tertiary/aromatic N) is 1. The van der Waals surface area contributed by atoms with E-state index < -0.39 is 5.82 Å². The number of aromatic nitrogens is 2. The van der Waals surface area contributed by atoms with Gasteiger partial charge in [-0.2, -0.15) is 0 Å². The van der Waals surface area contributed by atoms with Crippen LogP contribution in [0.1, 0.15) is 5.82 Å². The summed E-state index contributed by atoms with van der Waals surface area (Å²) in [4.78, 5) is 7.00. The number of aryl methyl sites for hydroxylation is 1. The molecule has 19 heavy (non-hydrogen) atoms. The fourth-order valence-electron chi connectivity index (χ4n) is 1.86. The van der Waals surface area contributed by atoms with E-state index in [1.807, 2.05) is 0 Å². The van der Waals surface area contributed by atoms with Crippen LogP contribution in [0.5, 0.6) is 11.5 Å². The quantitative estimate of drug-likeness (QED) is 0.757. The number of hydrogen-bond acceptors (Lipinski definition) is 2. The third-order valence-electron chi connectivity index (χ3n) is 2.72. The first-order valence-electron chi connectivity index (χ1n) is 5.72. The molecule has 0 saturated heterocycles. The Morgan fingerprint density at radius 2 is 1.79 bits per heavy atom. The summed E-state index contributed by atoms with van der Waals surface area (Å²) in [7, 11) is 0. The number of benzene rings is 2. The van der Waals surface area contributed by atoms with Gasteiger partial charge in [-0.1, -0.05) is 0 Å². The maximum Gasteiger partial charge on any atom is 0.193 e. The summed E-state index contributed by atoms with van der Waals surface area (Å²) in [5.74, 6) is 0.155. The van der Waals surface area contributed by atoms with E-state index >= 15 is 0 Å². The van der Waals surface area contributed by atoms with Crippen LogP contribution < -0.4 is 4.74 Å². The van der Waals surface area contributed by atoms with E-state index in [1.54, 1.807) is 13.0 Å². The van der Waals surface area contributed by atoms with Crippen molar-refractivity contribution >= 4 is 11.0 Å². The molecule has 96 valence electrons. The van der Waals surface area contributed by atoms with Gasteiger partial charge in [0.2, 0.25) is 0 Å². The van der Waals surface area contributed by atoms with Gasteiger partial charge in [0.1, 0.15) is 22.9 Å². The normalized spacial score (nSPS) is 10.9. The van der Waals surface area contributed by atoms with Crippen molar-refractivity contribution in [2.75, 3.05) is 0 Å². The fourth-order valence-corrected chi connectivity index (χ4v) is 1.86. The molecule has 2 aromatic carbocycles. The maximum atomic E-state index is 14.2. The monoisotopic (exact) mass is 260 g/mol. The Morgan fingerprint density at radius 3 is 2.53 bits per heavy atom. The van der Waals surface area contributed by atoms with Crippen molar-refractivity contribution in [2.24, 2.45) is 0 Å². The highest BCUT2D eigenvalue weighted by Crippen LogP contribution is 2.29. The van der Waals surface area contributed by atoms with Crippen LogP contribution in [0, 0.1) is 18.6 Å². The van der Waals surface area contributed by atoms with Crippen molar-refractivity contribution in [2.45, 2.75) is 6.92 Å². The highest BCUT2D eigenvalue weighted by molar-refractivity contribution is 5.77. The molecule has 3 aromatic rings. The lowest BCUT2D eigenvalue weighted by atomic mass is 10.3. The largest absolute Gasteiger partial charge is 0.454 e. The fraction of sp³-hybridized carbons (Fsp3) is 0.0714. The van der Waals surface area contributed by atoms with E-state index in [0.29, 0.717) is 17.1 Å². The van der Waals surface area contributed by atoms with Crippen molar-refractivity contribution in [1.82, 2.24) is 9.97 Å². The zero-order valence-electron chi connectivity index (χ0n) is 10.1. The number of rotatable bonds is 2. The molecule has 5 heteroatoms. The molecule has 0 spiro atoms. The number of ether oxygens (including phenoxy) is 1. The second kappa shape index (κ2) is 4.35. The van der Waals surface area contributed by atoms with Crippen LogP contribution in [0.2, 0.25) is 0 Å². The van der Waals surface area contributed by atoms with Gasteiger partial charge in [-0.15, -0.1) is 0 Å². The van der Waals surface area contributed by atoms with E-state index in [2.05, 4.69) is 9.97 Å². The third kappa shape index (κ3) is 2.14. The first kappa shape index (κ1) is 11.6. The number of aromatic amines is 1. The number of halogens is 2. The Morgan fingerprint density at radius 1 is 1.05 bits per heavy atom. The lowest BCUT2D eigenvalue weighted by Crippen LogP contribution is -1.89. The smallest absolute Gasteiger partial charge is 0.193 e. The molecule has 0 unspecified atom stereocenters. The van der Waals surface area contributed by atoms with E-state index in [9.17, 15) is 8.78 Å². The molecule has 1 heterocycles. The number of imidazole rings is 1. The number of H-pyrrole nitrogens is 1. The van der Waals surface area contributed by atoms with Gasteiger partial charge < -0.3 is 9.72 Å². The summed E-state index contributed by atoms with van der Waals surface area (Å²) in [5.41, 5.74) is 0.846. The molecule has 0 saturated carbocycles. The molecular formula is C14H10F2N2O. The van der Waals surface area contributed by atoms with Crippen molar-refractivity contribution in [1.29, 1.82) is 0 Å². The van der Waals surface area contributed by atoms with Crippen molar-refractivity contribution in [3.05, 3.63) is 53.9 Å². The number of nitrogens with one attached hydrogen (secondary N) is 1. The molecule has 0 atom stereocenters. The van der Waals surface area contributed by atoms with E-state index in [0.717, 1.165) is 0 Å². The first-order valence-corrected chi connectivity index (χ1v) is 5.72. The van der Waals surface area contributed by atoms with Crippen LogP contribution in [0.4, 0.5) is 8.78 Å². The average molecular weight is 260 g/mol. The SMILES string of the molecule is Cc1nc2c(F)c(Oc3ccc(F)cc3)ccc2[nH]1. The van der Waals surface area contributed by atoms with Crippen molar-refractivity contribution in [3.8, 4) is 11.5 Å². The van der Waals surface area contributed by atoms with Crippen LogP contribution in [0.15, 0.2) is 36.4 Å². The number of hydrogen-bond donors (Lipinski definition) is 1. The summed E-state index contributed by atoms with van der Waals surface area (Å²) < 4.78 is 32.3. The second-order valence-electron chi connectivity index (χ2n) is 4.15. The van der Waals surface area contributed by atoms with E-state index in [1.165, 1.54) is 30.3 Å². The summed E-state index contributed by atoms with van der Waals surface area (Å²) in [6.45, 7) is 1.75. The summed E-state index contributed by atoms with van der Waals surface area (Å²) in [5, 5.41) is 0.